The van der Waals surface area contributed by atoms with E-state index in [1.54, 1.807) is 7.11 Å². The summed E-state index contributed by atoms with van der Waals surface area (Å²) in [6.07, 6.45) is 2.61. The summed E-state index contributed by atoms with van der Waals surface area (Å²) in [4.78, 5) is 7.93. The van der Waals surface area contributed by atoms with Crippen LogP contribution in [0.15, 0.2) is 53.0 Å². The molecule has 0 aromatic heterocycles. The Bertz CT molecular complexity index is 769. The molecule has 4 nitrogen and oxygen atoms in total. The standard InChI is InChI=1S/C24H32BrN3O/c1-29-24-8-7-21(17-23(24)25)19-27-13-15-28(16-14-27)22-9-11-26(12-10-22)18-20-5-3-2-4-6-20/h2-8,17,22H,9-16,18-19H2,1H3. The average Bonchev–Trinajstić information content (AvgIpc) is 2.76. The van der Waals surface area contributed by atoms with Crippen molar-refractivity contribution in [2.24, 2.45) is 0 Å². The van der Waals surface area contributed by atoms with Gasteiger partial charge in [0.15, 0.2) is 0 Å². The van der Waals surface area contributed by atoms with Gasteiger partial charge in [0.2, 0.25) is 0 Å². The summed E-state index contributed by atoms with van der Waals surface area (Å²) >= 11 is 3.60. The van der Waals surface area contributed by atoms with E-state index in [2.05, 4.69) is 79.2 Å². The summed E-state index contributed by atoms with van der Waals surface area (Å²) in [6.45, 7) is 9.27. The Morgan fingerprint density at radius 3 is 2.14 bits per heavy atom. The topological polar surface area (TPSA) is 19.0 Å². The number of nitrogens with zero attached hydrogens (tertiary/aromatic N) is 3. The molecule has 0 aliphatic carbocycles. The summed E-state index contributed by atoms with van der Waals surface area (Å²) in [7, 11) is 1.71. The predicted octanol–water partition coefficient (Wildman–Crippen LogP) is 4.24. The third-order valence-electron chi connectivity index (χ3n) is 6.35. The van der Waals surface area contributed by atoms with Crippen LogP contribution in [0.1, 0.15) is 24.0 Å². The number of methoxy groups -OCH3 is 1. The number of piperidine rings is 1. The van der Waals surface area contributed by atoms with Gasteiger partial charge in [-0.25, -0.2) is 0 Å². The second-order valence-corrected chi connectivity index (χ2v) is 9.13. The molecule has 2 heterocycles. The lowest BCUT2D eigenvalue weighted by atomic mass is 10.0. The molecule has 2 aliphatic heterocycles. The molecule has 0 saturated carbocycles. The number of ether oxygens (including phenoxy) is 1. The van der Waals surface area contributed by atoms with Gasteiger partial charge in [-0.3, -0.25) is 14.7 Å². The van der Waals surface area contributed by atoms with Crippen molar-refractivity contribution in [3.05, 3.63) is 64.1 Å². The Morgan fingerprint density at radius 2 is 1.48 bits per heavy atom. The first-order valence-corrected chi connectivity index (χ1v) is 11.6. The molecule has 0 spiro atoms. The number of hydrogen-bond acceptors (Lipinski definition) is 4. The Morgan fingerprint density at radius 1 is 0.828 bits per heavy atom. The summed E-state index contributed by atoms with van der Waals surface area (Å²) in [5.41, 5.74) is 2.78. The maximum atomic E-state index is 5.34. The zero-order valence-corrected chi connectivity index (χ0v) is 19.0. The third kappa shape index (κ3) is 5.60. The minimum Gasteiger partial charge on any atom is -0.496 e. The van der Waals surface area contributed by atoms with Gasteiger partial charge in [0.25, 0.3) is 0 Å². The maximum Gasteiger partial charge on any atom is 0.133 e. The highest BCUT2D eigenvalue weighted by molar-refractivity contribution is 9.10. The van der Waals surface area contributed by atoms with Crippen molar-refractivity contribution in [2.75, 3.05) is 46.4 Å². The van der Waals surface area contributed by atoms with Crippen LogP contribution in [0.4, 0.5) is 0 Å². The van der Waals surface area contributed by atoms with Crippen LogP contribution in [0.25, 0.3) is 0 Å². The molecule has 156 valence electrons. The van der Waals surface area contributed by atoms with Crippen LogP contribution in [-0.4, -0.2) is 67.1 Å². The van der Waals surface area contributed by atoms with E-state index in [9.17, 15) is 0 Å². The SMILES string of the molecule is COc1ccc(CN2CCN(C3CCN(Cc4ccccc4)CC3)CC2)cc1Br. The van der Waals surface area contributed by atoms with Crippen molar-refractivity contribution < 1.29 is 4.74 Å². The number of piperazine rings is 1. The van der Waals surface area contributed by atoms with Crippen molar-refractivity contribution >= 4 is 15.9 Å². The second kappa shape index (κ2) is 10.1. The van der Waals surface area contributed by atoms with Gasteiger partial charge in [0.05, 0.1) is 11.6 Å². The van der Waals surface area contributed by atoms with Crippen molar-refractivity contribution in [3.8, 4) is 5.75 Å². The third-order valence-corrected chi connectivity index (χ3v) is 6.97. The lowest BCUT2D eigenvalue weighted by Gasteiger charge is -2.43. The molecule has 0 N–H and O–H groups in total. The molecule has 2 saturated heterocycles. The molecule has 4 rings (SSSR count). The zero-order chi connectivity index (χ0) is 20.1. The molecule has 2 aromatic rings. The van der Waals surface area contributed by atoms with Gasteiger partial charge in [0.1, 0.15) is 5.75 Å². The van der Waals surface area contributed by atoms with Gasteiger partial charge in [-0.1, -0.05) is 36.4 Å². The molecular formula is C24H32BrN3O. The number of rotatable bonds is 6. The minimum atomic E-state index is 0.763. The predicted molar refractivity (Wildman–Crippen MR) is 122 cm³/mol. The van der Waals surface area contributed by atoms with Crippen LogP contribution < -0.4 is 4.74 Å². The normalized spacial score (nSPS) is 20.1. The molecule has 5 heteroatoms. The number of likely N-dealkylation sites (tertiary alicyclic amines) is 1. The van der Waals surface area contributed by atoms with E-state index in [4.69, 9.17) is 4.74 Å². The Labute approximate surface area is 183 Å². The van der Waals surface area contributed by atoms with Gasteiger partial charge < -0.3 is 4.74 Å². The average molecular weight is 458 g/mol. The molecule has 0 radical (unpaired) electrons. The maximum absolute atomic E-state index is 5.34. The van der Waals surface area contributed by atoms with E-state index in [0.29, 0.717) is 0 Å². The number of halogens is 1. The summed E-state index contributed by atoms with van der Waals surface area (Å²) < 4.78 is 6.38. The fraction of sp³-hybridized carbons (Fsp3) is 0.500. The monoisotopic (exact) mass is 457 g/mol. The van der Waals surface area contributed by atoms with Crippen LogP contribution in [0, 0.1) is 0 Å². The molecule has 2 fully saturated rings. The molecule has 0 unspecified atom stereocenters. The lowest BCUT2D eigenvalue weighted by molar-refractivity contribution is 0.0550. The minimum absolute atomic E-state index is 0.763. The fourth-order valence-electron chi connectivity index (χ4n) is 4.64. The highest BCUT2D eigenvalue weighted by Crippen LogP contribution is 2.26. The Kier molecular flexibility index (Phi) is 7.24. The van der Waals surface area contributed by atoms with Gasteiger partial charge in [-0.15, -0.1) is 0 Å². The van der Waals surface area contributed by atoms with Gasteiger partial charge in [0, 0.05) is 45.3 Å². The van der Waals surface area contributed by atoms with Crippen LogP contribution in [0.5, 0.6) is 5.75 Å². The second-order valence-electron chi connectivity index (χ2n) is 8.27. The van der Waals surface area contributed by atoms with E-state index in [1.807, 2.05) is 0 Å². The highest BCUT2D eigenvalue weighted by atomic mass is 79.9. The number of benzene rings is 2. The summed E-state index contributed by atoms with van der Waals surface area (Å²) in [5, 5.41) is 0. The number of hydrogen-bond donors (Lipinski definition) is 0. The van der Waals surface area contributed by atoms with E-state index in [-0.39, 0.29) is 0 Å². The van der Waals surface area contributed by atoms with E-state index >= 15 is 0 Å². The van der Waals surface area contributed by atoms with Gasteiger partial charge in [-0.05, 0) is 65.1 Å². The first-order valence-electron chi connectivity index (χ1n) is 10.8. The first-order chi connectivity index (χ1) is 14.2. The highest BCUT2D eigenvalue weighted by Gasteiger charge is 2.27. The van der Waals surface area contributed by atoms with E-state index < -0.39 is 0 Å². The lowest BCUT2D eigenvalue weighted by Crippen LogP contribution is -2.52. The molecule has 29 heavy (non-hydrogen) atoms. The van der Waals surface area contributed by atoms with Crippen LogP contribution in [0.3, 0.4) is 0 Å². The zero-order valence-electron chi connectivity index (χ0n) is 17.4. The van der Waals surface area contributed by atoms with E-state index in [0.717, 1.165) is 42.4 Å². The smallest absolute Gasteiger partial charge is 0.133 e. The molecule has 2 aromatic carbocycles. The summed E-state index contributed by atoms with van der Waals surface area (Å²) in [5.74, 6) is 0.900. The van der Waals surface area contributed by atoms with Crippen molar-refractivity contribution in [2.45, 2.75) is 32.0 Å². The van der Waals surface area contributed by atoms with Crippen LogP contribution >= 0.6 is 15.9 Å². The van der Waals surface area contributed by atoms with Crippen molar-refractivity contribution in [3.63, 3.8) is 0 Å². The van der Waals surface area contributed by atoms with Crippen LogP contribution in [0.2, 0.25) is 0 Å². The van der Waals surface area contributed by atoms with Crippen molar-refractivity contribution in [1.82, 2.24) is 14.7 Å². The summed E-state index contributed by atoms with van der Waals surface area (Å²) in [6, 6.07) is 18.1. The Balaban J connectivity index is 1.21. The fourth-order valence-corrected chi connectivity index (χ4v) is 5.23. The van der Waals surface area contributed by atoms with Gasteiger partial charge >= 0.3 is 0 Å². The first kappa shape index (κ1) is 20.9. The Hall–Kier alpha value is -1.40. The molecule has 0 amide bonds. The van der Waals surface area contributed by atoms with E-state index in [1.165, 1.54) is 50.1 Å². The molecule has 0 bridgehead atoms. The largest absolute Gasteiger partial charge is 0.496 e. The van der Waals surface area contributed by atoms with Gasteiger partial charge in [-0.2, -0.15) is 0 Å². The van der Waals surface area contributed by atoms with Crippen LogP contribution in [-0.2, 0) is 13.1 Å². The molecule has 0 atom stereocenters. The van der Waals surface area contributed by atoms with Crippen molar-refractivity contribution in [1.29, 1.82) is 0 Å². The molecule has 2 aliphatic rings. The quantitative estimate of drug-likeness (QED) is 0.645. The molecular weight excluding hydrogens is 426 g/mol.